The van der Waals surface area contributed by atoms with Crippen LogP contribution in [0.3, 0.4) is 0 Å². The number of methoxy groups -OCH3 is 1. The number of imide groups is 2. The molecule has 0 spiro atoms. The highest BCUT2D eigenvalue weighted by Crippen LogP contribution is 2.25. The van der Waals surface area contributed by atoms with Crippen LogP contribution < -0.4 is 15.0 Å². The van der Waals surface area contributed by atoms with Crippen molar-refractivity contribution in [3.05, 3.63) is 53.1 Å². The first-order valence-corrected chi connectivity index (χ1v) is 8.41. The van der Waals surface area contributed by atoms with E-state index in [9.17, 15) is 14.4 Å². The van der Waals surface area contributed by atoms with Crippen molar-refractivity contribution >= 4 is 47.0 Å². The second kappa shape index (κ2) is 7.59. The summed E-state index contributed by atoms with van der Waals surface area (Å²) < 4.78 is 5.06. The fourth-order valence-electron chi connectivity index (χ4n) is 2.52. The summed E-state index contributed by atoms with van der Waals surface area (Å²) in [7, 11) is 1.51. The second-order valence-corrected chi connectivity index (χ2v) is 6.26. The maximum absolute atomic E-state index is 12.7. The van der Waals surface area contributed by atoms with Crippen LogP contribution in [0.2, 0.25) is 5.02 Å². The number of carbonyl (C=O) groups excluding carboxylic acids is 3. The minimum absolute atomic E-state index is 0.322. The van der Waals surface area contributed by atoms with Crippen LogP contribution in [-0.2, 0) is 9.59 Å². The average molecular weight is 386 g/mol. The number of amides is 4. The standard InChI is InChI=1S/C19H16ClN3O4/c1-11-3-4-12(9-16(11)20)21-10-15-17(24)22-19(26)23(18(15)25)13-5-7-14(27-2)8-6-13/h3-10,15H,1-2H3,(H,22,24,26)/t15-/m1/s1. The topological polar surface area (TPSA) is 88.1 Å². The summed E-state index contributed by atoms with van der Waals surface area (Å²) >= 11 is 6.06. The summed E-state index contributed by atoms with van der Waals surface area (Å²) in [5.74, 6) is -2.06. The van der Waals surface area contributed by atoms with Crippen LogP contribution in [0.25, 0.3) is 0 Å². The second-order valence-electron chi connectivity index (χ2n) is 5.86. The molecule has 1 aliphatic heterocycles. The molecular formula is C19H16ClN3O4. The fraction of sp³-hybridized carbons (Fsp3) is 0.158. The number of nitrogens with one attached hydrogen (secondary N) is 1. The van der Waals surface area contributed by atoms with Crippen molar-refractivity contribution < 1.29 is 19.1 Å². The van der Waals surface area contributed by atoms with E-state index in [1.54, 1.807) is 42.5 Å². The molecule has 0 unspecified atom stereocenters. The summed E-state index contributed by atoms with van der Waals surface area (Å²) in [5.41, 5.74) is 1.71. The molecule has 7 nitrogen and oxygen atoms in total. The monoisotopic (exact) mass is 385 g/mol. The van der Waals surface area contributed by atoms with Gasteiger partial charge in [0.05, 0.1) is 18.5 Å². The molecule has 4 amide bonds. The summed E-state index contributed by atoms with van der Waals surface area (Å²) in [6.45, 7) is 1.85. The van der Waals surface area contributed by atoms with E-state index in [-0.39, 0.29) is 0 Å². The number of aliphatic imine (C=N–C) groups is 1. The Morgan fingerprint density at radius 1 is 1.15 bits per heavy atom. The molecule has 1 atom stereocenters. The quantitative estimate of drug-likeness (QED) is 0.646. The van der Waals surface area contributed by atoms with Crippen LogP contribution in [0.5, 0.6) is 5.75 Å². The maximum Gasteiger partial charge on any atom is 0.335 e. The summed E-state index contributed by atoms with van der Waals surface area (Å²) in [6.07, 6.45) is 1.21. The van der Waals surface area contributed by atoms with Gasteiger partial charge in [-0.15, -0.1) is 0 Å². The first-order valence-electron chi connectivity index (χ1n) is 8.04. The molecular weight excluding hydrogens is 370 g/mol. The largest absolute Gasteiger partial charge is 0.497 e. The molecule has 1 N–H and O–H groups in total. The minimum Gasteiger partial charge on any atom is -0.497 e. The molecule has 8 heteroatoms. The van der Waals surface area contributed by atoms with Gasteiger partial charge in [-0.25, -0.2) is 9.69 Å². The van der Waals surface area contributed by atoms with Crippen LogP contribution in [-0.4, -0.2) is 31.2 Å². The van der Waals surface area contributed by atoms with Crippen LogP contribution >= 0.6 is 11.6 Å². The molecule has 2 aromatic rings. The number of carbonyl (C=O) groups is 3. The lowest BCUT2D eigenvalue weighted by molar-refractivity contribution is -0.131. The number of nitrogens with zero attached hydrogens (tertiary/aromatic N) is 2. The Hall–Kier alpha value is -3.19. The Morgan fingerprint density at radius 2 is 1.85 bits per heavy atom. The molecule has 1 saturated heterocycles. The van der Waals surface area contributed by atoms with E-state index in [1.165, 1.54) is 13.3 Å². The van der Waals surface area contributed by atoms with Crippen LogP contribution in [0, 0.1) is 12.8 Å². The molecule has 3 rings (SSSR count). The number of hydrogen-bond acceptors (Lipinski definition) is 5. The Bertz CT molecular complexity index is 940. The smallest absolute Gasteiger partial charge is 0.335 e. The van der Waals surface area contributed by atoms with E-state index >= 15 is 0 Å². The zero-order valence-electron chi connectivity index (χ0n) is 14.6. The van der Waals surface area contributed by atoms with Crippen molar-refractivity contribution in [3.63, 3.8) is 0 Å². The maximum atomic E-state index is 12.7. The van der Waals surface area contributed by atoms with Gasteiger partial charge in [0.2, 0.25) is 5.91 Å². The third-order valence-electron chi connectivity index (χ3n) is 4.06. The van der Waals surface area contributed by atoms with Crippen molar-refractivity contribution in [2.75, 3.05) is 12.0 Å². The van der Waals surface area contributed by atoms with Crippen molar-refractivity contribution in [1.82, 2.24) is 5.32 Å². The molecule has 138 valence electrons. The Balaban J connectivity index is 1.87. The van der Waals surface area contributed by atoms with Gasteiger partial charge >= 0.3 is 6.03 Å². The lowest BCUT2D eigenvalue weighted by atomic mass is 10.1. The highest BCUT2D eigenvalue weighted by molar-refractivity contribution is 6.33. The van der Waals surface area contributed by atoms with Gasteiger partial charge < -0.3 is 4.74 Å². The lowest BCUT2D eigenvalue weighted by Crippen LogP contribution is -2.58. The predicted molar refractivity (Wildman–Crippen MR) is 102 cm³/mol. The number of rotatable bonds is 4. The first kappa shape index (κ1) is 18.6. The molecule has 0 bridgehead atoms. The van der Waals surface area contributed by atoms with Gasteiger partial charge in [0.25, 0.3) is 5.91 Å². The Morgan fingerprint density at radius 3 is 2.48 bits per heavy atom. The molecule has 0 aliphatic carbocycles. The number of hydrogen-bond donors (Lipinski definition) is 1. The van der Waals surface area contributed by atoms with Gasteiger partial charge in [-0.1, -0.05) is 17.7 Å². The predicted octanol–water partition coefficient (Wildman–Crippen LogP) is 3.26. The third kappa shape index (κ3) is 3.83. The van der Waals surface area contributed by atoms with E-state index in [1.807, 2.05) is 6.92 Å². The summed E-state index contributed by atoms with van der Waals surface area (Å²) in [5, 5.41) is 2.70. The van der Waals surface area contributed by atoms with Crippen LogP contribution in [0.4, 0.5) is 16.2 Å². The van der Waals surface area contributed by atoms with Crippen LogP contribution in [0.1, 0.15) is 5.56 Å². The lowest BCUT2D eigenvalue weighted by Gasteiger charge is -2.28. The number of halogens is 1. The van der Waals surface area contributed by atoms with E-state index in [0.717, 1.165) is 10.5 Å². The number of urea groups is 1. The van der Waals surface area contributed by atoms with Crippen molar-refractivity contribution in [1.29, 1.82) is 0 Å². The summed E-state index contributed by atoms with van der Waals surface area (Å²) in [4.78, 5) is 42.1. The molecule has 0 aromatic heterocycles. The molecule has 1 heterocycles. The SMILES string of the molecule is COc1ccc(N2C(=O)NC(=O)[C@@H](C=Nc3ccc(C)c(Cl)c3)C2=O)cc1. The average Bonchev–Trinajstić information content (AvgIpc) is 2.64. The van der Waals surface area contributed by atoms with Crippen molar-refractivity contribution in [3.8, 4) is 5.75 Å². The van der Waals surface area contributed by atoms with Crippen molar-refractivity contribution in [2.45, 2.75) is 6.92 Å². The van der Waals surface area contributed by atoms with Crippen molar-refractivity contribution in [2.24, 2.45) is 10.9 Å². The molecule has 1 aliphatic rings. The molecule has 2 aromatic carbocycles. The van der Waals surface area contributed by atoms with E-state index in [4.69, 9.17) is 16.3 Å². The summed E-state index contributed by atoms with van der Waals surface area (Å²) in [6, 6.07) is 10.7. The number of ether oxygens (including phenoxy) is 1. The Labute approximate surface area is 160 Å². The zero-order chi connectivity index (χ0) is 19.6. The first-order chi connectivity index (χ1) is 12.9. The van der Waals surface area contributed by atoms with Gasteiger partial charge in [0.1, 0.15) is 5.75 Å². The number of aryl methyl sites for hydroxylation is 1. The van der Waals surface area contributed by atoms with Gasteiger partial charge in [0, 0.05) is 11.2 Å². The van der Waals surface area contributed by atoms with Gasteiger partial charge in [-0.3, -0.25) is 19.9 Å². The zero-order valence-corrected chi connectivity index (χ0v) is 15.4. The van der Waals surface area contributed by atoms with E-state index in [2.05, 4.69) is 10.3 Å². The van der Waals surface area contributed by atoms with Gasteiger partial charge in [-0.2, -0.15) is 0 Å². The normalized spacial score (nSPS) is 17.4. The minimum atomic E-state index is -1.23. The molecule has 0 saturated carbocycles. The van der Waals surface area contributed by atoms with E-state index < -0.39 is 23.8 Å². The molecule has 0 radical (unpaired) electrons. The van der Waals surface area contributed by atoms with Crippen LogP contribution in [0.15, 0.2) is 47.5 Å². The number of anilines is 1. The van der Waals surface area contributed by atoms with E-state index in [0.29, 0.717) is 22.1 Å². The highest BCUT2D eigenvalue weighted by Gasteiger charge is 2.40. The van der Waals surface area contributed by atoms with Gasteiger partial charge in [0.15, 0.2) is 5.92 Å². The molecule has 27 heavy (non-hydrogen) atoms. The fourth-order valence-corrected chi connectivity index (χ4v) is 2.70. The number of benzene rings is 2. The third-order valence-corrected chi connectivity index (χ3v) is 4.47. The number of barbiturate groups is 1. The highest BCUT2D eigenvalue weighted by atomic mass is 35.5. The van der Waals surface area contributed by atoms with Gasteiger partial charge in [-0.05, 0) is 48.9 Å². The molecule has 1 fully saturated rings. The Kier molecular flexibility index (Phi) is 5.23.